The predicted octanol–water partition coefficient (Wildman–Crippen LogP) is 3.19. The van der Waals surface area contributed by atoms with E-state index in [1.807, 2.05) is 30.3 Å². The van der Waals surface area contributed by atoms with Crippen molar-refractivity contribution in [3.63, 3.8) is 0 Å². The van der Waals surface area contributed by atoms with Gasteiger partial charge in [-0.3, -0.25) is 0 Å². The van der Waals surface area contributed by atoms with Gasteiger partial charge in [-0.25, -0.2) is 4.79 Å². The van der Waals surface area contributed by atoms with Crippen LogP contribution in [-0.4, -0.2) is 35.7 Å². The minimum absolute atomic E-state index is 0.0679. The fraction of sp³-hybridized carbons (Fsp3) is 0.611. The maximum atomic E-state index is 12.5. The number of carbonyl (C=O) groups excluding carboxylic acids is 1. The van der Waals surface area contributed by atoms with Crippen molar-refractivity contribution in [3.05, 3.63) is 35.9 Å². The van der Waals surface area contributed by atoms with Gasteiger partial charge in [-0.15, -0.1) is 0 Å². The average molecular weight is 304 g/mol. The zero-order chi connectivity index (χ0) is 16.3. The summed E-state index contributed by atoms with van der Waals surface area (Å²) in [4.78, 5) is 14.0. The van der Waals surface area contributed by atoms with Crippen LogP contribution in [0.4, 0.5) is 4.79 Å². The normalized spacial score (nSPS) is 17.7. The Bertz CT molecular complexity index is 492. The molecule has 2 N–H and O–H groups in total. The molecule has 0 aromatic heterocycles. The number of amides is 2. The molecule has 0 spiro atoms. The SMILES string of the molecule is CN(CC(O)C1CC1)C(=O)NC(c1ccccc1)C(C)(C)C. The third kappa shape index (κ3) is 4.47. The summed E-state index contributed by atoms with van der Waals surface area (Å²) in [6.45, 7) is 6.74. The van der Waals surface area contributed by atoms with Gasteiger partial charge in [-0.05, 0) is 29.7 Å². The summed E-state index contributed by atoms with van der Waals surface area (Å²) < 4.78 is 0. The monoisotopic (exact) mass is 304 g/mol. The molecule has 1 aromatic rings. The molecule has 1 saturated carbocycles. The van der Waals surface area contributed by atoms with Gasteiger partial charge in [0, 0.05) is 13.6 Å². The van der Waals surface area contributed by atoms with Gasteiger partial charge in [0.05, 0.1) is 12.1 Å². The van der Waals surface area contributed by atoms with Crippen LogP contribution in [-0.2, 0) is 0 Å². The highest BCUT2D eigenvalue weighted by Gasteiger charge is 2.32. The summed E-state index contributed by atoms with van der Waals surface area (Å²) in [6, 6.07) is 9.82. The third-order valence-corrected chi connectivity index (χ3v) is 4.24. The number of aliphatic hydroxyl groups is 1. The molecule has 0 radical (unpaired) electrons. The minimum atomic E-state index is -0.402. The molecule has 1 aromatic carbocycles. The second-order valence-corrected chi connectivity index (χ2v) is 7.44. The third-order valence-electron chi connectivity index (χ3n) is 4.24. The highest BCUT2D eigenvalue weighted by atomic mass is 16.3. The van der Waals surface area contributed by atoms with Crippen molar-refractivity contribution in [2.75, 3.05) is 13.6 Å². The molecule has 2 atom stereocenters. The van der Waals surface area contributed by atoms with Crippen molar-refractivity contribution in [2.24, 2.45) is 11.3 Å². The lowest BCUT2D eigenvalue weighted by Gasteiger charge is -2.34. The van der Waals surface area contributed by atoms with E-state index < -0.39 is 6.10 Å². The molecule has 122 valence electrons. The van der Waals surface area contributed by atoms with Gasteiger partial charge in [0.15, 0.2) is 0 Å². The van der Waals surface area contributed by atoms with Crippen LogP contribution in [0.15, 0.2) is 30.3 Å². The lowest BCUT2D eigenvalue weighted by Crippen LogP contribution is -2.45. The van der Waals surface area contributed by atoms with Crippen molar-refractivity contribution < 1.29 is 9.90 Å². The van der Waals surface area contributed by atoms with Crippen LogP contribution < -0.4 is 5.32 Å². The first-order chi connectivity index (χ1) is 10.3. The average Bonchev–Trinajstić information content (AvgIpc) is 3.28. The number of likely N-dealkylation sites (N-methyl/N-ethyl adjacent to an activating group) is 1. The van der Waals surface area contributed by atoms with Gasteiger partial charge in [-0.1, -0.05) is 51.1 Å². The Morgan fingerprint density at radius 1 is 1.32 bits per heavy atom. The smallest absolute Gasteiger partial charge is 0.317 e. The quantitative estimate of drug-likeness (QED) is 0.878. The Balaban J connectivity index is 2.01. The van der Waals surface area contributed by atoms with Crippen molar-refractivity contribution in [3.8, 4) is 0 Å². The number of hydrogen-bond donors (Lipinski definition) is 2. The highest BCUT2D eigenvalue weighted by molar-refractivity contribution is 5.74. The largest absolute Gasteiger partial charge is 0.391 e. The maximum Gasteiger partial charge on any atom is 0.317 e. The van der Waals surface area contributed by atoms with Gasteiger partial charge in [0.1, 0.15) is 0 Å². The molecule has 1 aliphatic rings. The Hall–Kier alpha value is -1.55. The molecule has 22 heavy (non-hydrogen) atoms. The number of carbonyl (C=O) groups is 1. The summed E-state index contributed by atoms with van der Waals surface area (Å²) in [5.74, 6) is 0.378. The van der Waals surface area contributed by atoms with Crippen molar-refractivity contribution in [1.82, 2.24) is 10.2 Å². The topological polar surface area (TPSA) is 52.6 Å². The first-order valence-electron chi connectivity index (χ1n) is 8.03. The van der Waals surface area contributed by atoms with E-state index in [0.29, 0.717) is 12.5 Å². The molecule has 0 bridgehead atoms. The Labute approximate surface area is 133 Å². The molecule has 1 aliphatic carbocycles. The zero-order valence-electron chi connectivity index (χ0n) is 14.0. The summed E-state index contributed by atoms with van der Waals surface area (Å²) in [6.07, 6.45) is 1.75. The maximum absolute atomic E-state index is 12.5. The van der Waals surface area contributed by atoms with E-state index in [2.05, 4.69) is 26.1 Å². The van der Waals surface area contributed by atoms with Crippen LogP contribution in [0.1, 0.15) is 45.2 Å². The van der Waals surface area contributed by atoms with Gasteiger partial charge in [0.25, 0.3) is 0 Å². The molecular weight excluding hydrogens is 276 g/mol. The summed E-state index contributed by atoms with van der Waals surface area (Å²) in [7, 11) is 1.74. The molecular formula is C18H28N2O2. The van der Waals surface area contributed by atoms with Gasteiger partial charge < -0.3 is 15.3 Å². The van der Waals surface area contributed by atoms with Crippen LogP contribution in [0.25, 0.3) is 0 Å². The number of nitrogens with zero attached hydrogens (tertiary/aromatic N) is 1. The van der Waals surface area contributed by atoms with E-state index in [1.54, 1.807) is 11.9 Å². The van der Waals surface area contributed by atoms with Gasteiger partial charge >= 0.3 is 6.03 Å². The van der Waals surface area contributed by atoms with Crippen LogP contribution in [0.3, 0.4) is 0 Å². The molecule has 1 fully saturated rings. The fourth-order valence-corrected chi connectivity index (χ4v) is 2.67. The van der Waals surface area contributed by atoms with Crippen LogP contribution in [0.2, 0.25) is 0 Å². The molecule has 4 nitrogen and oxygen atoms in total. The number of benzene rings is 1. The zero-order valence-corrected chi connectivity index (χ0v) is 14.0. The molecule has 4 heteroatoms. The lowest BCUT2D eigenvalue weighted by atomic mass is 9.82. The first kappa shape index (κ1) is 16.8. The number of urea groups is 1. The van der Waals surface area contributed by atoms with E-state index in [-0.39, 0.29) is 17.5 Å². The Kier molecular flexibility index (Phi) is 5.12. The molecule has 0 saturated heterocycles. The van der Waals surface area contributed by atoms with Crippen LogP contribution in [0, 0.1) is 11.3 Å². The fourth-order valence-electron chi connectivity index (χ4n) is 2.67. The van der Waals surface area contributed by atoms with Gasteiger partial charge in [-0.2, -0.15) is 0 Å². The summed E-state index contributed by atoms with van der Waals surface area (Å²) in [5, 5.41) is 13.1. The molecule has 0 aliphatic heterocycles. The Morgan fingerprint density at radius 2 is 1.91 bits per heavy atom. The molecule has 2 rings (SSSR count). The van der Waals surface area contributed by atoms with Gasteiger partial charge in [0.2, 0.25) is 0 Å². The summed E-state index contributed by atoms with van der Waals surface area (Å²) >= 11 is 0. The van der Waals surface area contributed by atoms with Crippen LogP contribution in [0.5, 0.6) is 0 Å². The number of nitrogens with one attached hydrogen (secondary N) is 1. The van der Waals surface area contributed by atoms with Crippen LogP contribution >= 0.6 is 0 Å². The van der Waals surface area contributed by atoms with Crippen molar-refractivity contribution in [2.45, 2.75) is 45.8 Å². The Morgan fingerprint density at radius 3 is 2.41 bits per heavy atom. The number of hydrogen-bond acceptors (Lipinski definition) is 2. The number of aliphatic hydroxyl groups excluding tert-OH is 1. The summed E-state index contributed by atoms with van der Waals surface area (Å²) in [5.41, 5.74) is 1.01. The van der Waals surface area contributed by atoms with E-state index in [9.17, 15) is 9.90 Å². The minimum Gasteiger partial charge on any atom is -0.391 e. The highest BCUT2D eigenvalue weighted by Crippen LogP contribution is 2.34. The molecule has 2 unspecified atom stereocenters. The second-order valence-electron chi connectivity index (χ2n) is 7.44. The van der Waals surface area contributed by atoms with E-state index in [0.717, 1.165) is 18.4 Å². The first-order valence-corrected chi connectivity index (χ1v) is 8.03. The predicted molar refractivity (Wildman–Crippen MR) is 88.5 cm³/mol. The lowest BCUT2D eigenvalue weighted by molar-refractivity contribution is 0.110. The van der Waals surface area contributed by atoms with Crippen molar-refractivity contribution in [1.29, 1.82) is 0 Å². The number of rotatable bonds is 5. The standard InChI is InChI=1S/C18H28N2O2/c1-18(2,3)16(14-8-6-5-7-9-14)19-17(22)20(4)12-15(21)13-10-11-13/h5-9,13,15-16,21H,10-12H2,1-4H3,(H,19,22). The van der Waals surface area contributed by atoms with E-state index in [1.165, 1.54) is 0 Å². The molecule has 2 amide bonds. The second kappa shape index (κ2) is 6.69. The van der Waals surface area contributed by atoms with Crippen molar-refractivity contribution >= 4 is 6.03 Å². The van der Waals surface area contributed by atoms with E-state index >= 15 is 0 Å². The van der Waals surface area contributed by atoms with E-state index in [4.69, 9.17) is 0 Å². The molecule has 0 heterocycles.